The maximum atomic E-state index is 13.1. The molecule has 358 valence electrons. The summed E-state index contributed by atoms with van der Waals surface area (Å²) >= 11 is 0. The second kappa shape index (κ2) is 39.7. The smallest absolute Gasteiger partial charge is 0.249 e. The Bertz CT molecular complexity index is 944. The van der Waals surface area contributed by atoms with Crippen LogP contribution < -0.4 is 5.32 Å². The highest BCUT2D eigenvalue weighted by atomic mass is 16.7. The van der Waals surface area contributed by atoms with Crippen LogP contribution in [0.4, 0.5) is 0 Å². The Balaban J connectivity index is 2.36. The first-order valence-electron chi connectivity index (χ1n) is 25.4. The molecule has 11 heteroatoms. The van der Waals surface area contributed by atoms with E-state index in [4.69, 9.17) is 9.47 Å². The van der Waals surface area contributed by atoms with Crippen LogP contribution >= 0.6 is 0 Å². The van der Waals surface area contributed by atoms with Crippen molar-refractivity contribution in [1.29, 1.82) is 0 Å². The number of aliphatic hydroxyl groups excluding tert-OH is 7. The lowest BCUT2D eigenvalue weighted by atomic mass is 9.98. The lowest BCUT2D eigenvalue weighted by molar-refractivity contribution is -0.303. The summed E-state index contributed by atoms with van der Waals surface area (Å²) in [5.74, 6) is -0.692. The van der Waals surface area contributed by atoms with E-state index in [2.05, 4.69) is 19.2 Å². The van der Waals surface area contributed by atoms with E-state index in [0.717, 1.165) is 38.5 Å². The van der Waals surface area contributed by atoms with Crippen molar-refractivity contribution in [1.82, 2.24) is 5.32 Å². The quantitative estimate of drug-likeness (QED) is 0.0275. The SMILES string of the molecule is CCCCCCCCCCCCCCCCCCCCCC[C@H](O)C(=O)N[C@@H](CO[C@@H]1O[C@H](CO)[C@@H](O)[C@H](O)[C@H]1O)[C@H](O)[C@H](O)CCCCCCCCCCCCCCC. The fourth-order valence-corrected chi connectivity index (χ4v) is 8.44. The van der Waals surface area contributed by atoms with Crippen molar-refractivity contribution in [3.8, 4) is 0 Å². The van der Waals surface area contributed by atoms with Crippen LogP contribution in [-0.4, -0.2) is 110 Å². The maximum Gasteiger partial charge on any atom is 0.249 e. The molecule has 0 aromatic carbocycles. The molecule has 9 atom stereocenters. The van der Waals surface area contributed by atoms with Crippen LogP contribution in [0.5, 0.6) is 0 Å². The zero-order chi connectivity index (χ0) is 44.1. The van der Waals surface area contributed by atoms with Gasteiger partial charge in [0.25, 0.3) is 0 Å². The minimum atomic E-state index is -1.66. The van der Waals surface area contributed by atoms with Gasteiger partial charge in [0, 0.05) is 0 Å². The fourth-order valence-electron chi connectivity index (χ4n) is 8.44. The Morgan fingerprint density at radius 1 is 0.517 bits per heavy atom. The summed E-state index contributed by atoms with van der Waals surface area (Å²) in [6, 6.07) is -1.16. The van der Waals surface area contributed by atoms with Crippen molar-refractivity contribution < 1.29 is 50.0 Å². The normalized spacial score (nSPS) is 21.5. The van der Waals surface area contributed by atoms with Gasteiger partial charge in [-0.05, 0) is 12.8 Å². The number of hydrogen-bond donors (Lipinski definition) is 8. The Kier molecular flexibility index (Phi) is 37.8. The number of rotatable bonds is 43. The molecule has 0 aromatic rings. The van der Waals surface area contributed by atoms with Crippen LogP contribution in [0.1, 0.15) is 239 Å². The summed E-state index contributed by atoms with van der Waals surface area (Å²) in [6.45, 7) is 3.46. The number of nitrogens with one attached hydrogen (secondary N) is 1. The van der Waals surface area contributed by atoms with Gasteiger partial charge in [-0.25, -0.2) is 0 Å². The minimum Gasteiger partial charge on any atom is -0.394 e. The van der Waals surface area contributed by atoms with Crippen LogP contribution in [0.3, 0.4) is 0 Å². The zero-order valence-corrected chi connectivity index (χ0v) is 38.7. The second-order valence-corrected chi connectivity index (χ2v) is 18.3. The topological polar surface area (TPSA) is 189 Å². The molecule has 1 aliphatic rings. The summed E-state index contributed by atoms with van der Waals surface area (Å²) < 4.78 is 11.1. The molecule has 0 bridgehead atoms. The van der Waals surface area contributed by atoms with Gasteiger partial charge in [0.2, 0.25) is 5.91 Å². The average Bonchev–Trinajstić information content (AvgIpc) is 3.25. The molecule has 1 aliphatic heterocycles. The van der Waals surface area contributed by atoms with E-state index in [1.54, 1.807) is 0 Å². The van der Waals surface area contributed by atoms with Crippen LogP contribution in [0.2, 0.25) is 0 Å². The monoisotopic (exact) mass is 860 g/mol. The Hall–Kier alpha value is -0.890. The maximum absolute atomic E-state index is 13.1. The molecule has 1 rings (SSSR count). The number of carbonyl (C=O) groups excluding carboxylic acids is 1. The standard InChI is InChI=1S/C49H97NO10/c1-3-5-7-9-11-13-15-17-18-19-20-21-22-23-25-27-29-31-33-35-37-42(53)48(58)50-40(39-59-49-47(57)46(56)45(55)43(38-51)60-49)44(54)41(52)36-34-32-30-28-26-24-16-14-12-10-8-6-4-2/h40-47,49,51-57H,3-39H2,1-2H3,(H,50,58)/t40-,41+,42-,43+,44-,45+,46-,47+,49+/m0/s1. The van der Waals surface area contributed by atoms with Crippen molar-refractivity contribution in [2.45, 2.75) is 294 Å². The van der Waals surface area contributed by atoms with Gasteiger partial charge in [0.15, 0.2) is 6.29 Å². The largest absolute Gasteiger partial charge is 0.394 e. The third kappa shape index (κ3) is 28.7. The molecule has 0 saturated carbocycles. The van der Waals surface area contributed by atoms with Crippen LogP contribution in [0.25, 0.3) is 0 Å². The van der Waals surface area contributed by atoms with Crippen LogP contribution in [0, 0.1) is 0 Å². The van der Waals surface area contributed by atoms with Crippen molar-refractivity contribution in [3.63, 3.8) is 0 Å². The van der Waals surface area contributed by atoms with Crippen molar-refractivity contribution >= 4 is 5.91 Å². The Morgan fingerprint density at radius 3 is 1.23 bits per heavy atom. The number of carbonyl (C=O) groups is 1. The van der Waals surface area contributed by atoms with Gasteiger partial charge in [-0.1, -0.05) is 226 Å². The first kappa shape index (κ1) is 57.1. The van der Waals surface area contributed by atoms with Gasteiger partial charge in [0.1, 0.15) is 36.6 Å². The van der Waals surface area contributed by atoms with Gasteiger partial charge in [-0.3, -0.25) is 4.79 Å². The first-order chi connectivity index (χ1) is 29.2. The predicted octanol–water partition coefficient (Wildman–Crippen LogP) is 9.06. The average molecular weight is 860 g/mol. The van der Waals surface area contributed by atoms with Crippen molar-refractivity contribution in [3.05, 3.63) is 0 Å². The summed E-state index contributed by atoms with van der Waals surface area (Å²) in [5.41, 5.74) is 0. The number of unbranched alkanes of at least 4 members (excludes halogenated alkanes) is 31. The van der Waals surface area contributed by atoms with Crippen LogP contribution in [-0.2, 0) is 14.3 Å². The number of aliphatic hydroxyl groups is 7. The number of amides is 1. The summed E-state index contributed by atoms with van der Waals surface area (Å²) in [4.78, 5) is 13.1. The lowest BCUT2D eigenvalue weighted by Gasteiger charge is -2.40. The zero-order valence-electron chi connectivity index (χ0n) is 38.7. The molecule has 0 unspecified atom stereocenters. The molecular weight excluding hydrogens is 763 g/mol. The third-order valence-electron chi connectivity index (χ3n) is 12.7. The first-order valence-corrected chi connectivity index (χ1v) is 25.4. The Morgan fingerprint density at radius 2 is 0.867 bits per heavy atom. The second-order valence-electron chi connectivity index (χ2n) is 18.3. The molecule has 0 aliphatic carbocycles. The molecule has 0 radical (unpaired) electrons. The molecule has 1 heterocycles. The van der Waals surface area contributed by atoms with E-state index in [1.807, 2.05) is 0 Å². The van der Waals surface area contributed by atoms with Gasteiger partial charge < -0.3 is 50.5 Å². The molecule has 0 aromatic heterocycles. The molecule has 60 heavy (non-hydrogen) atoms. The van der Waals surface area contributed by atoms with Gasteiger partial charge in [0.05, 0.1) is 25.4 Å². The molecular formula is C49H97NO10. The molecule has 1 fully saturated rings. The highest BCUT2D eigenvalue weighted by Gasteiger charge is 2.44. The summed E-state index contributed by atoms with van der Waals surface area (Å²) in [6.07, 6.45) is 30.0. The van der Waals surface area contributed by atoms with Gasteiger partial charge in [-0.2, -0.15) is 0 Å². The van der Waals surface area contributed by atoms with Crippen molar-refractivity contribution in [2.24, 2.45) is 0 Å². The van der Waals surface area contributed by atoms with Crippen LogP contribution in [0.15, 0.2) is 0 Å². The van der Waals surface area contributed by atoms with Crippen molar-refractivity contribution in [2.75, 3.05) is 13.2 Å². The lowest BCUT2D eigenvalue weighted by Crippen LogP contribution is -2.60. The van der Waals surface area contributed by atoms with E-state index < -0.39 is 74.2 Å². The molecule has 0 spiro atoms. The molecule has 1 amide bonds. The number of hydrogen-bond acceptors (Lipinski definition) is 10. The highest BCUT2D eigenvalue weighted by Crippen LogP contribution is 2.23. The molecule has 8 N–H and O–H groups in total. The molecule has 11 nitrogen and oxygen atoms in total. The van der Waals surface area contributed by atoms with E-state index in [9.17, 15) is 40.5 Å². The predicted molar refractivity (Wildman–Crippen MR) is 243 cm³/mol. The summed E-state index contributed by atoms with van der Waals surface area (Å²) in [5, 5.41) is 75.8. The minimum absolute atomic E-state index is 0.267. The number of ether oxygens (including phenoxy) is 2. The van der Waals surface area contributed by atoms with E-state index in [1.165, 1.54) is 161 Å². The summed E-state index contributed by atoms with van der Waals surface area (Å²) in [7, 11) is 0. The van der Waals surface area contributed by atoms with Gasteiger partial charge >= 0.3 is 0 Å². The fraction of sp³-hybridized carbons (Fsp3) is 0.980. The van der Waals surface area contributed by atoms with Gasteiger partial charge in [-0.15, -0.1) is 0 Å². The molecule has 1 saturated heterocycles. The van der Waals surface area contributed by atoms with E-state index in [-0.39, 0.29) is 6.42 Å². The van der Waals surface area contributed by atoms with E-state index >= 15 is 0 Å². The van der Waals surface area contributed by atoms with E-state index in [0.29, 0.717) is 19.3 Å². The third-order valence-corrected chi connectivity index (χ3v) is 12.7. The Labute approximate surface area is 367 Å². The highest BCUT2D eigenvalue weighted by molar-refractivity contribution is 5.80.